The van der Waals surface area contributed by atoms with Crippen LogP contribution in [0.15, 0.2) is 36.4 Å². The van der Waals surface area contributed by atoms with Gasteiger partial charge in [0.1, 0.15) is 0 Å². The second kappa shape index (κ2) is 5.66. The molecule has 0 aliphatic heterocycles. The fourth-order valence-corrected chi connectivity index (χ4v) is 2.87. The van der Waals surface area contributed by atoms with Crippen LogP contribution in [0.4, 0.5) is 0 Å². The lowest BCUT2D eigenvalue weighted by Crippen LogP contribution is -1.93. The lowest BCUT2D eigenvalue weighted by molar-refractivity contribution is 1.33. The second-order valence-electron chi connectivity index (χ2n) is 5.89. The minimum Gasteiger partial charge on any atom is -0.0587 e. The number of allylic oxidation sites excluding steroid dienone is 2. The first kappa shape index (κ1) is 14.6. The van der Waals surface area contributed by atoms with Gasteiger partial charge in [0.2, 0.25) is 0 Å². The smallest absolute Gasteiger partial charge is 0.0195 e. The minimum absolute atomic E-state index is 1.32. The molecule has 0 heterocycles. The van der Waals surface area contributed by atoms with E-state index in [0.29, 0.717) is 0 Å². The van der Waals surface area contributed by atoms with E-state index in [4.69, 9.17) is 0 Å². The Hall–Kier alpha value is -1.82. The van der Waals surface area contributed by atoms with Crippen molar-refractivity contribution in [2.45, 2.75) is 41.5 Å². The summed E-state index contributed by atoms with van der Waals surface area (Å²) in [6.45, 7) is 13.1. The first-order valence-corrected chi connectivity index (χ1v) is 7.23. The molecule has 0 saturated heterocycles. The maximum absolute atomic E-state index is 2.26. The number of hydrogen-bond acceptors (Lipinski definition) is 0. The zero-order valence-electron chi connectivity index (χ0n) is 13.5. The molecule has 0 saturated carbocycles. The molecule has 0 aliphatic carbocycles. The molecule has 0 aromatic heterocycles. The van der Waals surface area contributed by atoms with Gasteiger partial charge in [-0.25, -0.2) is 0 Å². The summed E-state index contributed by atoms with van der Waals surface area (Å²) in [6.07, 6.45) is 0. The van der Waals surface area contributed by atoms with Gasteiger partial charge in [-0.05, 0) is 74.9 Å². The minimum atomic E-state index is 1.32. The Bertz CT molecular complexity index is 613. The highest BCUT2D eigenvalue weighted by atomic mass is 14.1. The van der Waals surface area contributed by atoms with Gasteiger partial charge in [0.05, 0.1) is 0 Å². The molecule has 0 radical (unpaired) electrons. The van der Waals surface area contributed by atoms with E-state index in [-0.39, 0.29) is 0 Å². The van der Waals surface area contributed by atoms with Gasteiger partial charge in [0.25, 0.3) is 0 Å². The van der Waals surface area contributed by atoms with Crippen LogP contribution >= 0.6 is 0 Å². The normalized spacial score (nSPS) is 12.3. The van der Waals surface area contributed by atoms with Crippen molar-refractivity contribution >= 4 is 11.1 Å². The zero-order chi connectivity index (χ0) is 14.9. The molecule has 2 rings (SSSR count). The molecule has 2 aromatic rings. The van der Waals surface area contributed by atoms with Gasteiger partial charge in [-0.3, -0.25) is 0 Å². The van der Waals surface area contributed by atoms with E-state index in [0.717, 1.165) is 0 Å². The average molecular weight is 264 g/mol. The molecule has 0 aliphatic rings. The summed E-state index contributed by atoms with van der Waals surface area (Å²) >= 11 is 0. The molecule has 0 spiro atoms. The van der Waals surface area contributed by atoms with Crippen LogP contribution in [0.2, 0.25) is 0 Å². The molecule has 0 fully saturated rings. The highest BCUT2D eigenvalue weighted by molar-refractivity contribution is 5.90. The van der Waals surface area contributed by atoms with Crippen molar-refractivity contribution in [2.75, 3.05) is 0 Å². The monoisotopic (exact) mass is 264 g/mol. The van der Waals surface area contributed by atoms with Crippen LogP contribution in [0, 0.1) is 27.7 Å². The third kappa shape index (κ3) is 2.85. The van der Waals surface area contributed by atoms with Gasteiger partial charge < -0.3 is 0 Å². The lowest BCUT2D eigenvalue weighted by Gasteiger charge is -2.14. The Kier molecular flexibility index (Phi) is 4.13. The van der Waals surface area contributed by atoms with E-state index in [9.17, 15) is 0 Å². The topological polar surface area (TPSA) is 0 Å². The van der Waals surface area contributed by atoms with Gasteiger partial charge in [0, 0.05) is 0 Å². The van der Waals surface area contributed by atoms with Gasteiger partial charge in [-0.1, -0.05) is 47.5 Å². The molecule has 0 unspecified atom stereocenters. The summed E-state index contributed by atoms with van der Waals surface area (Å²) in [7, 11) is 0. The maximum atomic E-state index is 2.26. The fourth-order valence-electron chi connectivity index (χ4n) is 2.87. The van der Waals surface area contributed by atoms with Crippen molar-refractivity contribution in [1.29, 1.82) is 0 Å². The third-order valence-electron chi connectivity index (χ3n) is 4.13. The number of rotatable bonds is 2. The first-order chi connectivity index (χ1) is 9.40. The van der Waals surface area contributed by atoms with Crippen LogP contribution in [0.1, 0.15) is 47.2 Å². The third-order valence-corrected chi connectivity index (χ3v) is 4.13. The Morgan fingerprint density at radius 2 is 0.950 bits per heavy atom. The summed E-state index contributed by atoms with van der Waals surface area (Å²) in [4.78, 5) is 0. The lowest BCUT2D eigenvalue weighted by atomic mass is 9.91. The van der Waals surface area contributed by atoms with Crippen molar-refractivity contribution in [1.82, 2.24) is 0 Å². The summed E-state index contributed by atoms with van der Waals surface area (Å²) in [6, 6.07) is 13.4. The van der Waals surface area contributed by atoms with Gasteiger partial charge >= 0.3 is 0 Å². The molecule has 104 valence electrons. The molecule has 0 N–H and O–H groups in total. The molecule has 20 heavy (non-hydrogen) atoms. The van der Waals surface area contributed by atoms with Crippen LogP contribution < -0.4 is 0 Å². The summed E-state index contributed by atoms with van der Waals surface area (Å²) in [5.74, 6) is 0. The molecule has 2 aromatic carbocycles. The van der Waals surface area contributed by atoms with Crippen molar-refractivity contribution in [3.63, 3.8) is 0 Å². The van der Waals surface area contributed by atoms with Gasteiger partial charge in [-0.15, -0.1) is 0 Å². The van der Waals surface area contributed by atoms with Crippen molar-refractivity contribution in [2.24, 2.45) is 0 Å². The Balaban J connectivity index is 2.55. The predicted molar refractivity (Wildman–Crippen MR) is 90.0 cm³/mol. The molecule has 0 bridgehead atoms. The average Bonchev–Trinajstić information content (AvgIpc) is 2.37. The Morgan fingerprint density at radius 1 is 0.600 bits per heavy atom. The SMILES string of the molecule is C/C(=C(\C)c1ccc(C)cc1C)c1ccc(C)cc1C. The Labute approximate surface area is 123 Å². The first-order valence-electron chi connectivity index (χ1n) is 7.23. The molecular formula is C20H24. The van der Waals surface area contributed by atoms with Crippen molar-refractivity contribution < 1.29 is 0 Å². The van der Waals surface area contributed by atoms with E-state index in [1.807, 2.05) is 0 Å². The van der Waals surface area contributed by atoms with E-state index >= 15 is 0 Å². The second-order valence-corrected chi connectivity index (χ2v) is 5.89. The fraction of sp³-hybridized carbons (Fsp3) is 0.300. The van der Waals surface area contributed by atoms with Crippen molar-refractivity contribution in [3.8, 4) is 0 Å². The molecule has 0 atom stereocenters. The molecule has 0 amide bonds. The van der Waals surface area contributed by atoms with E-state index in [1.165, 1.54) is 44.5 Å². The van der Waals surface area contributed by atoms with Gasteiger partial charge in [-0.2, -0.15) is 0 Å². The Morgan fingerprint density at radius 3 is 1.25 bits per heavy atom. The molecule has 0 nitrogen and oxygen atoms in total. The summed E-state index contributed by atoms with van der Waals surface area (Å²) in [5.41, 5.74) is 10.8. The predicted octanol–water partition coefficient (Wildman–Crippen LogP) is 5.87. The van der Waals surface area contributed by atoms with Crippen LogP contribution in [0.3, 0.4) is 0 Å². The van der Waals surface area contributed by atoms with Crippen LogP contribution in [-0.4, -0.2) is 0 Å². The quantitative estimate of drug-likeness (QED) is 0.595. The number of benzene rings is 2. The number of aryl methyl sites for hydroxylation is 4. The van der Waals surface area contributed by atoms with E-state index in [1.54, 1.807) is 0 Å². The van der Waals surface area contributed by atoms with Crippen LogP contribution in [-0.2, 0) is 0 Å². The highest BCUT2D eigenvalue weighted by Crippen LogP contribution is 2.30. The summed E-state index contributed by atoms with van der Waals surface area (Å²) < 4.78 is 0. The van der Waals surface area contributed by atoms with Gasteiger partial charge in [0.15, 0.2) is 0 Å². The van der Waals surface area contributed by atoms with Crippen LogP contribution in [0.25, 0.3) is 11.1 Å². The van der Waals surface area contributed by atoms with Crippen LogP contribution in [0.5, 0.6) is 0 Å². The highest BCUT2D eigenvalue weighted by Gasteiger charge is 2.08. The van der Waals surface area contributed by atoms with E-state index < -0.39 is 0 Å². The number of hydrogen-bond donors (Lipinski definition) is 0. The standard InChI is InChI=1S/C20H24/c1-13-7-9-19(15(3)11-13)17(5)18(6)20-10-8-14(2)12-16(20)4/h7-12H,1-6H3/b18-17-. The molecule has 0 heteroatoms. The van der Waals surface area contributed by atoms with E-state index in [2.05, 4.69) is 77.9 Å². The zero-order valence-corrected chi connectivity index (χ0v) is 13.5. The molecular weight excluding hydrogens is 240 g/mol. The summed E-state index contributed by atoms with van der Waals surface area (Å²) in [5, 5.41) is 0. The van der Waals surface area contributed by atoms with Crippen molar-refractivity contribution in [3.05, 3.63) is 69.8 Å². The largest absolute Gasteiger partial charge is 0.0587 e. The maximum Gasteiger partial charge on any atom is -0.0195 e.